The molecule has 0 bridgehead atoms. The molecule has 1 fully saturated rings. The minimum absolute atomic E-state index is 0.140. The van der Waals surface area contributed by atoms with Crippen molar-refractivity contribution in [2.75, 3.05) is 0 Å². The molecule has 0 radical (unpaired) electrons. The first-order chi connectivity index (χ1) is 14.0. The molecule has 1 saturated carbocycles. The summed E-state index contributed by atoms with van der Waals surface area (Å²) in [6.45, 7) is 1.92. The Morgan fingerprint density at radius 1 is 0.931 bits per heavy atom. The van der Waals surface area contributed by atoms with Gasteiger partial charge < -0.3 is 0 Å². The summed E-state index contributed by atoms with van der Waals surface area (Å²) in [5, 5.41) is 2.01. The van der Waals surface area contributed by atoms with E-state index in [2.05, 4.69) is 4.72 Å². The van der Waals surface area contributed by atoms with E-state index < -0.39 is 16.1 Å². The Balaban J connectivity index is 1.80. The summed E-state index contributed by atoms with van der Waals surface area (Å²) >= 11 is 0. The molecule has 5 heteroatoms. The molecule has 4 rings (SSSR count). The third-order valence-electron chi connectivity index (χ3n) is 5.78. The van der Waals surface area contributed by atoms with Crippen molar-refractivity contribution in [1.82, 2.24) is 4.72 Å². The quantitative estimate of drug-likeness (QED) is 0.652. The van der Waals surface area contributed by atoms with Gasteiger partial charge in [-0.15, -0.1) is 0 Å². The largest absolute Gasteiger partial charge is 0.299 e. The highest BCUT2D eigenvalue weighted by Gasteiger charge is 2.35. The van der Waals surface area contributed by atoms with Crippen LogP contribution in [0.2, 0.25) is 0 Å². The van der Waals surface area contributed by atoms with E-state index in [9.17, 15) is 13.2 Å². The first-order valence-electron chi connectivity index (χ1n) is 10.0. The number of benzene rings is 3. The molecule has 1 N–H and O–H groups in total. The molecule has 0 amide bonds. The topological polar surface area (TPSA) is 63.2 Å². The van der Waals surface area contributed by atoms with Gasteiger partial charge in [0.25, 0.3) is 0 Å². The molecule has 29 heavy (non-hydrogen) atoms. The van der Waals surface area contributed by atoms with Gasteiger partial charge in [0.15, 0.2) is 0 Å². The maximum atomic E-state index is 13.2. The molecule has 1 aliphatic rings. The van der Waals surface area contributed by atoms with Crippen LogP contribution in [-0.4, -0.2) is 14.2 Å². The maximum Gasteiger partial charge on any atom is 0.241 e. The van der Waals surface area contributed by atoms with Crippen molar-refractivity contribution >= 4 is 26.6 Å². The Morgan fingerprint density at radius 3 is 2.41 bits per heavy atom. The summed E-state index contributed by atoms with van der Waals surface area (Å²) in [4.78, 5) is 13.0. The molecule has 0 saturated heterocycles. The normalized spacial score (nSPS) is 18.7. The van der Waals surface area contributed by atoms with Gasteiger partial charge in [0.2, 0.25) is 10.0 Å². The van der Waals surface area contributed by atoms with Gasteiger partial charge in [0.05, 0.1) is 10.9 Å². The van der Waals surface area contributed by atoms with Gasteiger partial charge in [-0.3, -0.25) is 4.79 Å². The van der Waals surface area contributed by atoms with Gasteiger partial charge >= 0.3 is 0 Å². The van der Waals surface area contributed by atoms with Crippen LogP contribution < -0.4 is 4.72 Å². The smallest absolute Gasteiger partial charge is 0.241 e. The van der Waals surface area contributed by atoms with Crippen LogP contribution in [0.5, 0.6) is 0 Å². The van der Waals surface area contributed by atoms with Gasteiger partial charge in [0.1, 0.15) is 5.78 Å². The number of ketones is 1. The van der Waals surface area contributed by atoms with Crippen molar-refractivity contribution in [3.8, 4) is 0 Å². The molecular weight excluding hydrogens is 382 g/mol. The average Bonchev–Trinajstić information content (AvgIpc) is 2.73. The third-order valence-corrected chi connectivity index (χ3v) is 7.23. The molecular formula is C24H25NO3S. The Bertz CT molecular complexity index is 1130. The van der Waals surface area contributed by atoms with Crippen molar-refractivity contribution < 1.29 is 13.2 Å². The van der Waals surface area contributed by atoms with Crippen LogP contribution in [0.4, 0.5) is 0 Å². The number of aryl methyl sites for hydroxylation is 1. The lowest BCUT2D eigenvalue weighted by Crippen LogP contribution is -2.38. The molecule has 3 aromatic rings. The number of hydrogen-bond acceptors (Lipinski definition) is 3. The second-order valence-corrected chi connectivity index (χ2v) is 9.51. The summed E-state index contributed by atoms with van der Waals surface area (Å²) in [7, 11) is -3.77. The Morgan fingerprint density at radius 2 is 1.66 bits per heavy atom. The van der Waals surface area contributed by atoms with E-state index in [-0.39, 0.29) is 16.6 Å². The summed E-state index contributed by atoms with van der Waals surface area (Å²) in [6, 6.07) is 20.0. The van der Waals surface area contributed by atoms with Crippen LogP contribution in [0.25, 0.3) is 10.8 Å². The lowest BCUT2D eigenvalue weighted by Gasteiger charge is -2.31. The number of carbonyl (C=O) groups excluding carboxylic acids is 1. The van der Waals surface area contributed by atoms with Gasteiger partial charge in [-0.05, 0) is 48.2 Å². The van der Waals surface area contributed by atoms with E-state index >= 15 is 0 Å². The number of sulfonamides is 1. The Hall–Kier alpha value is -2.50. The number of hydrogen-bond donors (Lipinski definition) is 1. The molecule has 0 heterocycles. The van der Waals surface area contributed by atoms with Gasteiger partial charge in [0, 0.05) is 12.3 Å². The monoisotopic (exact) mass is 407 g/mol. The zero-order chi connectivity index (χ0) is 20.4. The van der Waals surface area contributed by atoms with Crippen molar-refractivity contribution in [3.05, 3.63) is 77.9 Å². The number of rotatable bonds is 5. The Labute approximate surface area is 172 Å². The highest BCUT2D eigenvalue weighted by atomic mass is 32.2. The fraction of sp³-hybridized carbons (Fsp3) is 0.292. The molecule has 4 nitrogen and oxygen atoms in total. The molecule has 3 aromatic carbocycles. The first-order valence-corrected chi connectivity index (χ1v) is 11.5. The van der Waals surface area contributed by atoms with Crippen LogP contribution in [0.3, 0.4) is 0 Å². The predicted octanol–water partition coefficient (Wildman–Crippen LogP) is 4.93. The van der Waals surface area contributed by atoms with Gasteiger partial charge in [-0.25, -0.2) is 13.1 Å². The van der Waals surface area contributed by atoms with E-state index in [1.165, 1.54) is 0 Å². The lowest BCUT2D eigenvalue weighted by molar-refractivity contribution is -0.125. The van der Waals surface area contributed by atoms with Gasteiger partial charge in [-0.2, -0.15) is 0 Å². The fourth-order valence-corrected chi connectivity index (χ4v) is 5.46. The molecule has 0 aromatic heterocycles. The molecule has 0 unspecified atom stereocenters. The van der Waals surface area contributed by atoms with E-state index in [0.29, 0.717) is 12.8 Å². The minimum atomic E-state index is -3.77. The summed E-state index contributed by atoms with van der Waals surface area (Å²) in [5.41, 5.74) is 1.86. The number of carbonyl (C=O) groups is 1. The predicted molar refractivity (Wildman–Crippen MR) is 115 cm³/mol. The van der Waals surface area contributed by atoms with E-state index in [4.69, 9.17) is 0 Å². The van der Waals surface area contributed by atoms with Gasteiger partial charge in [-0.1, -0.05) is 66.6 Å². The van der Waals surface area contributed by atoms with Crippen molar-refractivity contribution in [1.29, 1.82) is 0 Å². The van der Waals surface area contributed by atoms with Crippen molar-refractivity contribution in [2.24, 2.45) is 5.92 Å². The van der Waals surface area contributed by atoms with E-state index in [0.717, 1.165) is 34.7 Å². The molecule has 0 spiro atoms. The van der Waals surface area contributed by atoms with E-state index in [1.54, 1.807) is 24.3 Å². The number of fused-ring (bicyclic) bond motifs is 1. The van der Waals surface area contributed by atoms with Crippen LogP contribution in [0.15, 0.2) is 71.6 Å². The number of Topliss-reactive ketones (excluding diaryl/α,β-unsaturated/α-hetero) is 1. The van der Waals surface area contributed by atoms with Crippen molar-refractivity contribution in [2.45, 2.75) is 43.5 Å². The van der Waals surface area contributed by atoms with Crippen LogP contribution in [0.1, 0.15) is 42.9 Å². The fourth-order valence-electron chi connectivity index (χ4n) is 4.20. The SMILES string of the molecule is Cc1ccc(S(=O)(=O)N[C@@H](c2cccc3ccccc23)[C@@H]2CCCCC2=O)cc1. The summed E-state index contributed by atoms with van der Waals surface area (Å²) < 4.78 is 29.3. The molecule has 0 aliphatic heterocycles. The van der Waals surface area contributed by atoms with Crippen LogP contribution in [0, 0.1) is 12.8 Å². The summed E-state index contributed by atoms with van der Waals surface area (Å²) in [6.07, 6.45) is 3.02. The minimum Gasteiger partial charge on any atom is -0.299 e. The standard InChI is InChI=1S/C24H25NO3S/c1-17-13-15-19(16-14-17)29(27,28)25-24(22-10-4-5-12-23(22)26)21-11-6-8-18-7-2-3-9-20(18)21/h2-3,6-9,11,13-16,22,24-25H,4-5,10,12H2,1H3/t22-,24+/m1/s1. The van der Waals surface area contributed by atoms with Crippen LogP contribution in [-0.2, 0) is 14.8 Å². The van der Waals surface area contributed by atoms with Crippen LogP contribution >= 0.6 is 0 Å². The zero-order valence-electron chi connectivity index (χ0n) is 16.5. The summed E-state index contributed by atoms with van der Waals surface area (Å²) in [5.74, 6) is -0.212. The lowest BCUT2D eigenvalue weighted by atomic mass is 9.79. The Kier molecular flexibility index (Phi) is 5.52. The zero-order valence-corrected chi connectivity index (χ0v) is 17.3. The second kappa shape index (κ2) is 8.09. The molecule has 150 valence electrons. The molecule has 2 atom stereocenters. The highest BCUT2D eigenvalue weighted by Crippen LogP contribution is 2.36. The number of nitrogens with one attached hydrogen (secondary N) is 1. The van der Waals surface area contributed by atoms with E-state index in [1.807, 2.05) is 49.4 Å². The maximum absolute atomic E-state index is 13.2. The highest BCUT2D eigenvalue weighted by molar-refractivity contribution is 7.89. The first kappa shape index (κ1) is 19.8. The molecule has 1 aliphatic carbocycles. The second-order valence-electron chi connectivity index (χ2n) is 7.80. The van der Waals surface area contributed by atoms with Crippen molar-refractivity contribution in [3.63, 3.8) is 0 Å². The third kappa shape index (κ3) is 4.11. The average molecular weight is 408 g/mol.